The zero-order valence-corrected chi connectivity index (χ0v) is 12.9. The molecular formula is C17H17F3N2O. The molecule has 1 saturated carbocycles. The number of hydrogen-bond acceptors (Lipinski definition) is 3. The first-order chi connectivity index (χ1) is 10.7. The molecule has 1 aromatic carbocycles. The maximum atomic E-state index is 12.8. The number of rotatable bonds is 1. The quantitative estimate of drug-likeness (QED) is 0.761. The van der Waals surface area contributed by atoms with Gasteiger partial charge in [0, 0.05) is 12.8 Å². The topological polar surface area (TPSA) is 41.8 Å². The number of carbonyl (C=O) groups excluding carboxylic acids is 1. The fourth-order valence-electron chi connectivity index (χ4n) is 3.20. The second kappa shape index (κ2) is 5.28. The molecule has 0 aromatic heterocycles. The third-order valence-corrected chi connectivity index (χ3v) is 4.32. The summed E-state index contributed by atoms with van der Waals surface area (Å²) < 4.78 is 38.5. The van der Waals surface area contributed by atoms with Gasteiger partial charge in [-0.15, -0.1) is 0 Å². The highest BCUT2D eigenvalue weighted by Gasteiger charge is 2.40. The van der Waals surface area contributed by atoms with Crippen molar-refractivity contribution in [2.75, 3.05) is 0 Å². The van der Waals surface area contributed by atoms with Crippen molar-refractivity contribution in [3.8, 4) is 0 Å². The van der Waals surface area contributed by atoms with Gasteiger partial charge in [0.1, 0.15) is 5.78 Å². The minimum Gasteiger partial charge on any atom is -0.299 e. The van der Waals surface area contributed by atoms with E-state index in [1.54, 1.807) is 6.07 Å². The number of fused-ring (bicyclic) bond motifs is 1. The lowest BCUT2D eigenvalue weighted by atomic mass is 9.69. The Morgan fingerprint density at radius 3 is 2.61 bits per heavy atom. The second-order valence-corrected chi connectivity index (χ2v) is 6.96. The van der Waals surface area contributed by atoms with Crippen molar-refractivity contribution in [3.05, 3.63) is 35.4 Å². The van der Waals surface area contributed by atoms with Gasteiger partial charge in [-0.2, -0.15) is 23.4 Å². The number of ketones is 1. The summed E-state index contributed by atoms with van der Waals surface area (Å²) in [5.41, 5.74) is 0.721. The van der Waals surface area contributed by atoms with Crippen LogP contribution in [0.3, 0.4) is 0 Å². The molecule has 1 fully saturated rings. The SMILES string of the molecule is CC1(C)CC(=O)C2CC(c3cccc(C(F)(F)F)c3)=NN=C2C1. The molecule has 0 radical (unpaired) electrons. The van der Waals surface area contributed by atoms with Crippen LogP contribution in [0.5, 0.6) is 0 Å². The van der Waals surface area contributed by atoms with Crippen LogP contribution in [0.1, 0.15) is 44.2 Å². The van der Waals surface area contributed by atoms with Crippen molar-refractivity contribution in [3.63, 3.8) is 0 Å². The van der Waals surface area contributed by atoms with Gasteiger partial charge in [0.15, 0.2) is 0 Å². The second-order valence-electron chi connectivity index (χ2n) is 6.96. The molecule has 23 heavy (non-hydrogen) atoms. The first kappa shape index (κ1) is 15.9. The van der Waals surface area contributed by atoms with E-state index in [0.29, 0.717) is 30.5 Å². The molecule has 0 spiro atoms. The standard InChI is InChI=1S/C17H17F3N2O/c1-16(2)8-14-12(15(23)9-16)7-13(21-22-14)10-4-3-5-11(6-10)17(18,19)20/h3-6,12H,7-9H2,1-2H3. The zero-order valence-electron chi connectivity index (χ0n) is 12.9. The summed E-state index contributed by atoms with van der Waals surface area (Å²) in [5, 5.41) is 8.24. The van der Waals surface area contributed by atoms with Crippen molar-refractivity contribution < 1.29 is 18.0 Å². The zero-order chi connectivity index (χ0) is 16.8. The maximum absolute atomic E-state index is 12.8. The fraction of sp³-hybridized carbons (Fsp3) is 0.471. The lowest BCUT2D eigenvalue weighted by molar-refractivity contribution is -0.137. The van der Waals surface area contributed by atoms with Gasteiger partial charge >= 0.3 is 6.18 Å². The van der Waals surface area contributed by atoms with Crippen LogP contribution in [0.4, 0.5) is 13.2 Å². The summed E-state index contributed by atoms with van der Waals surface area (Å²) in [6.07, 6.45) is -2.91. The minimum atomic E-state index is -4.40. The predicted molar refractivity (Wildman–Crippen MR) is 81.5 cm³/mol. The number of hydrogen-bond donors (Lipinski definition) is 0. The summed E-state index contributed by atoms with van der Waals surface area (Å²) in [4.78, 5) is 12.3. The Kier molecular flexibility index (Phi) is 3.65. The van der Waals surface area contributed by atoms with Gasteiger partial charge < -0.3 is 0 Å². The lowest BCUT2D eigenvalue weighted by Crippen LogP contribution is -2.40. The van der Waals surface area contributed by atoms with E-state index >= 15 is 0 Å². The van der Waals surface area contributed by atoms with E-state index in [0.717, 1.165) is 17.8 Å². The third-order valence-electron chi connectivity index (χ3n) is 4.32. The molecule has 3 rings (SSSR count). The highest BCUT2D eigenvalue weighted by Crippen LogP contribution is 2.38. The van der Waals surface area contributed by atoms with Crippen LogP contribution in [0.2, 0.25) is 0 Å². The molecule has 2 aliphatic rings. The molecule has 122 valence electrons. The summed E-state index contributed by atoms with van der Waals surface area (Å²) in [6.45, 7) is 4.02. The van der Waals surface area contributed by atoms with Crippen LogP contribution in [0, 0.1) is 11.3 Å². The van der Waals surface area contributed by atoms with E-state index in [9.17, 15) is 18.0 Å². The van der Waals surface area contributed by atoms with Gasteiger partial charge in [-0.25, -0.2) is 0 Å². The number of halogens is 3. The van der Waals surface area contributed by atoms with Crippen molar-refractivity contribution in [1.82, 2.24) is 0 Å². The lowest BCUT2D eigenvalue weighted by Gasteiger charge is -2.35. The first-order valence-corrected chi connectivity index (χ1v) is 7.49. The van der Waals surface area contributed by atoms with Gasteiger partial charge in [0.05, 0.1) is 22.9 Å². The van der Waals surface area contributed by atoms with Gasteiger partial charge in [0.25, 0.3) is 0 Å². The number of alkyl halides is 3. The molecule has 1 aliphatic carbocycles. The van der Waals surface area contributed by atoms with Crippen molar-refractivity contribution in [2.24, 2.45) is 21.5 Å². The number of nitrogens with zero attached hydrogens (tertiary/aromatic N) is 2. The average molecular weight is 322 g/mol. The molecule has 3 nitrogen and oxygen atoms in total. The van der Waals surface area contributed by atoms with E-state index in [4.69, 9.17) is 0 Å². The highest BCUT2D eigenvalue weighted by molar-refractivity contribution is 6.14. The largest absolute Gasteiger partial charge is 0.416 e. The van der Waals surface area contributed by atoms with Gasteiger partial charge in [-0.1, -0.05) is 26.0 Å². The molecule has 0 bridgehead atoms. The molecule has 0 amide bonds. The average Bonchev–Trinajstić information content (AvgIpc) is 2.45. The van der Waals surface area contributed by atoms with Crippen molar-refractivity contribution in [1.29, 1.82) is 0 Å². The Hall–Kier alpha value is -1.98. The Balaban J connectivity index is 1.93. The third kappa shape index (κ3) is 3.21. The van der Waals surface area contributed by atoms with Crippen molar-refractivity contribution >= 4 is 17.2 Å². The fourth-order valence-corrected chi connectivity index (χ4v) is 3.20. The van der Waals surface area contributed by atoms with Crippen LogP contribution < -0.4 is 0 Å². The Morgan fingerprint density at radius 2 is 1.91 bits per heavy atom. The molecule has 6 heteroatoms. The van der Waals surface area contributed by atoms with Crippen LogP contribution in [0.15, 0.2) is 34.5 Å². The van der Waals surface area contributed by atoms with Crippen LogP contribution >= 0.6 is 0 Å². The highest BCUT2D eigenvalue weighted by atomic mass is 19.4. The van der Waals surface area contributed by atoms with Gasteiger partial charge in [0.2, 0.25) is 0 Å². The maximum Gasteiger partial charge on any atom is 0.416 e. The molecule has 1 aliphatic heterocycles. The summed E-state index contributed by atoms with van der Waals surface area (Å²) >= 11 is 0. The van der Waals surface area contributed by atoms with E-state index < -0.39 is 11.7 Å². The summed E-state index contributed by atoms with van der Waals surface area (Å²) in [5.74, 6) is -0.246. The van der Waals surface area contributed by atoms with Crippen LogP contribution in [0.25, 0.3) is 0 Å². The normalized spacial score (nSPS) is 23.9. The number of benzene rings is 1. The van der Waals surface area contributed by atoms with Gasteiger partial charge in [-0.3, -0.25) is 4.79 Å². The van der Waals surface area contributed by atoms with Crippen molar-refractivity contribution in [2.45, 2.75) is 39.3 Å². The Bertz CT molecular complexity index is 717. The Morgan fingerprint density at radius 1 is 1.17 bits per heavy atom. The smallest absolute Gasteiger partial charge is 0.299 e. The number of carbonyl (C=O) groups is 1. The molecule has 1 atom stereocenters. The molecule has 1 aromatic rings. The molecular weight excluding hydrogens is 305 g/mol. The first-order valence-electron chi connectivity index (χ1n) is 7.49. The Labute approximate surface area is 132 Å². The van der Waals surface area contributed by atoms with E-state index in [-0.39, 0.29) is 17.1 Å². The van der Waals surface area contributed by atoms with E-state index in [1.165, 1.54) is 6.07 Å². The van der Waals surface area contributed by atoms with Gasteiger partial charge in [-0.05, 0) is 29.5 Å². The molecule has 1 unspecified atom stereocenters. The van der Waals surface area contributed by atoms with Crippen LogP contribution in [-0.4, -0.2) is 17.2 Å². The molecule has 0 saturated heterocycles. The monoisotopic (exact) mass is 322 g/mol. The summed E-state index contributed by atoms with van der Waals surface area (Å²) in [7, 11) is 0. The van der Waals surface area contributed by atoms with E-state index in [1.807, 2.05) is 13.8 Å². The number of Topliss-reactive ketones (excluding diaryl/α,β-unsaturated/α-hetero) is 1. The molecule has 0 N–H and O–H groups in total. The predicted octanol–water partition coefficient (Wildman–Crippen LogP) is 4.26. The molecule has 1 heterocycles. The van der Waals surface area contributed by atoms with E-state index in [2.05, 4.69) is 10.2 Å². The van der Waals surface area contributed by atoms with Crippen LogP contribution in [-0.2, 0) is 11.0 Å². The minimum absolute atomic E-state index is 0.0966. The summed E-state index contributed by atoms with van der Waals surface area (Å²) in [6, 6.07) is 5.02.